The Hall–Kier alpha value is -3.15. The van der Waals surface area contributed by atoms with E-state index in [0.717, 1.165) is 36.3 Å². The lowest BCUT2D eigenvalue weighted by Gasteiger charge is -2.24. The molecule has 6 heteroatoms. The maximum Gasteiger partial charge on any atom is 0.247 e. The van der Waals surface area contributed by atoms with Gasteiger partial charge in [-0.05, 0) is 42.7 Å². The molecule has 1 unspecified atom stereocenters. The van der Waals surface area contributed by atoms with Crippen molar-refractivity contribution in [2.24, 2.45) is 0 Å². The van der Waals surface area contributed by atoms with Gasteiger partial charge in [-0.15, -0.1) is 0 Å². The van der Waals surface area contributed by atoms with E-state index in [1.807, 2.05) is 29.2 Å². The Morgan fingerprint density at radius 1 is 0.931 bits per heavy atom. The lowest BCUT2D eigenvalue weighted by molar-refractivity contribution is -0.126. The van der Waals surface area contributed by atoms with Gasteiger partial charge in [0.05, 0.1) is 34.5 Å². The molecule has 29 heavy (non-hydrogen) atoms. The van der Waals surface area contributed by atoms with Crippen molar-refractivity contribution in [3.8, 4) is 23.0 Å². The highest BCUT2D eigenvalue weighted by molar-refractivity contribution is 5.92. The molecule has 1 atom stereocenters. The molecule has 0 aromatic heterocycles. The van der Waals surface area contributed by atoms with Crippen molar-refractivity contribution in [2.75, 3.05) is 35.0 Å². The first-order chi connectivity index (χ1) is 14.1. The first-order valence-electron chi connectivity index (χ1n) is 9.54. The van der Waals surface area contributed by atoms with Crippen molar-refractivity contribution >= 4 is 12.0 Å². The van der Waals surface area contributed by atoms with E-state index in [1.165, 1.54) is 0 Å². The van der Waals surface area contributed by atoms with Crippen molar-refractivity contribution in [1.29, 1.82) is 0 Å². The summed E-state index contributed by atoms with van der Waals surface area (Å²) < 4.78 is 21.3. The third-order valence-corrected chi connectivity index (χ3v) is 5.18. The summed E-state index contributed by atoms with van der Waals surface area (Å²) in [5.41, 5.74) is 1.87. The van der Waals surface area contributed by atoms with Gasteiger partial charge in [0.1, 0.15) is 11.5 Å². The first kappa shape index (κ1) is 20.6. The molecule has 2 aromatic carbocycles. The summed E-state index contributed by atoms with van der Waals surface area (Å²) in [6.07, 6.45) is 5.28. The second-order valence-electron chi connectivity index (χ2n) is 6.75. The number of amides is 1. The summed E-state index contributed by atoms with van der Waals surface area (Å²) in [6, 6.07) is 11.5. The molecular weight excluding hydrogens is 370 g/mol. The third kappa shape index (κ3) is 4.47. The van der Waals surface area contributed by atoms with E-state index >= 15 is 0 Å². The number of nitrogens with zero attached hydrogens (tertiary/aromatic N) is 1. The number of hydrogen-bond acceptors (Lipinski definition) is 5. The highest BCUT2D eigenvalue weighted by atomic mass is 16.5. The van der Waals surface area contributed by atoms with Gasteiger partial charge in [0, 0.05) is 24.3 Å². The van der Waals surface area contributed by atoms with E-state index < -0.39 is 0 Å². The van der Waals surface area contributed by atoms with E-state index in [9.17, 15) is 4.79 Å². The molecule has 3 rings (SSSR count). The standard InChI is InChI=1S/C23H27NO5/c1-26-18-10-7-16(8-11-18)19-6-5-13-24(19)23(25)12-9-17-14-21(28-3)22(29-4)15-20(17)27-2/h7-12,14-15,19H,5-6,13H2,1-4H3. The summed E-state index contributed by atoms with van der Waals surface area (Å²) >= 11 is 0. The smallest absolute Gasteiger partial charge is 0.247 e. The Labute approximate surface area is 171 Å². The van der Waals surface area contributed by atoms with Gasteiger partial charge in [-0.25, -0.2) is 0 Å². The van der Waals surface area contributed by atoms with Gasteiger partial charge in [-0.2, -0.15) is 0 Å². The van der Waals surface area contributed by atoms with Gasteiger partial charge in [-0.1, -0.05) is 12.1 Å². The fourth-order valence-corrected chi connectivity index (χ4v) is 3.64. The zero-order chi connectivity index (χ0) is 20.8. The summed E-state index contributed by atoms with van der Waals surface area (Å²) in [7, 11) is 6.38. The second kappa shape index (κ2) is 9.37. The number of ether oxygens (including phenoxy) is 4. The maximum absolute atomic E-state index is 12.9. The van der Waals surface area contributed by atoms with Crippen molar-refractivity contribution in [2.45, 2.75) is 18.9 Å². The van der Waals surface area contributed by atoms with Crippen LogP contribution in [0.2, 0.25) is 0 Å². The van der Waals surface area contributed by atoms with Crippen LogP contribution in [0.1, 0.15) is 30.0 Å². The average molecular weight is 397 g/mol. The Morgan fingerprint density at radius 2 is 1.59 bits per heavy atom. The molecule has 0 saturated carbocycles. The lowest BCUT2D eigenvalue weighted by atomic mass is 10.0. The van der Waals surface area contributed by atoms with Crippen LogP contribution in [-0.2, 0) is 4.79 Å². The zero-order valence-corrected chi connectivity index (χ0v) is 17.3. The van der Waals surface area contributed by atoms with E-state index in [2.05, 4.69) is 0 Å². The Kier molecular flexibility index (Phi) is 6.65. The molecule has 0 N–H and O–H groups in total. The van der Waals surface area contributed by atoms with Gasteiger partial charge in [0.2, 0.25) is 5.91 Å². The molecule has 1 heterocycles. The van der Waals surface area contributed by atoms with Crippen LogP contribution in [0.25, 0.3) is 6.08 Å². The van der Waals surface area contributed by atoms with Crippen molar-refractivity contribution < 1.29 is 23.7 Å². The molecule has 6 nitrogen and oxygen atoms in total. The minimum Gasteiger partial charge on any atom is -0.497 e. The molecule has 154 valence electrons. The molecule has 0 radical (unpaired) electrons. The minimum absolute atomic E-state index is 0.0276. The number of benzene rings is 2. The quantitative estimate of drug-likeness (QED) is 0.659. The predicted molar refractivity (Wildman–Crippen MR) is 112 cm³/mol. The predicted octanol–water partition coefficient (Wildman–Crippen LogP) is 4.10. The monoisotopic (exact) mass is 397 g/mol. The van der Waals surface area contributed by atoms with Crippen LogP contribution in [0, 0.1) is 0 Å². The molecule has 0 spiro atoms. The summed E-state index contributed by atoms with van der Waals surface area (Å²) in [5.74, 6) is 2.55. The summed E-state index contributed by atoms with van der Waals surface area (Å²) in [6.45, 7) is 0.739. The minimum atomic E-state index is -0.0276. The van der Waals surface area contributed by atoms with Gasteiger partial charge in [0.25, 0.3) is 0 Å². The molecule has 1 fully saturated rings. The second-order valence-corrected chi connectivity index (χ2v) is 6.75. The van der Waals surface area contributed by atoms with E-state index in [4.69, 9.17) is 18.9 Å². The lowest BCUT2D eigenvalue weighted by Crippen LogP contribution is -2.28. The molecule has 0 bridgehead atoms. The maximum atomic E-state index is 12.9. The first-order valence-corrected chi connectivity index (χ1v) is 9.54. The van der Waals surface area contributed by atoms with Crippen LogP contribution in [-0.4, -0.2) is 45.8 Å². The van der Waals surface area contributed by atoms with Crippen molar-refractivity contribution in [3.05, 3.63) is 53.6 Å². The van der Waals surface area contributed by atoms with Gasteiger partial charge < -0.3 is 23.8 Å². The van der Waals surface area contributed by atoms with E-state index in [1.54, 1.807) is 52.7 Å². The fourth-order valence-electron chi connectivity index (χ4n) is 3.64. The van der Waals surface area contributed by atoms with Crippen molar-refractivity contribution in [1.82, 2.24) is 4.90 Å². The number of carbonyl (C=O) groups is 1. The van der Waals surface area contributed by atoms with Crippen molar-refractivity contribution in [3.63, 3.8) is 0 Å². The topological polar surface area (TPSA) is 57.2 Å². The number of methoxy groups -OCH3 is 4. The molecule has 1 saturated heterocycles. The number of carbonyl (C=O) groups excluding carboxylic acids is 1. The molecule has 1 aliphatic heterocycles. The highest BCUT2D eigenvalue weighted by Gasteiger charge is 2.28. The zero-order valence-electron chi connectivity index (χ0n) is 17.3. The van der Waals surface area contributed by atoms with Crippen LogP contribution in [0.15, 0.2) is 42.5 Å². The SMILES string of the molecule is COc1ccc(C2CCCN2C(=O)C=Cc2cc(OC)c(OC)cc2OC)cc1. The largest absolute Gasteiger partial charge is 0.497 e. The van der Waals surface area contributed by atoms with Crippen LogP contribution < -0.4 is 18.9 Å². The highest BCUT2D eigenvalue weighted by Crippen LogP contribution is 2.36. The van der Waals surface area contributed by atoms with E-state index in [-0.39, 0.29) is 11.9 Å². The Morgan fingerprint density at radius 3 is 2.21 bits per heavy atom. The molecule has 1 amide bonds. The number of likely N-dealkylation sites (tertiary alicyclic amines) is 1. The summed E-state index contributed by atoms with van der Waals surface area (Å²) in [4.78, 5) is 14.8. The Balaban J connectivity index is 1.80. The van der Waals surface area contributed by atoms with E-state index in [0.29, 0.717) is 17.2 Å². The van der Waals surface area contributed by atoms with Crippen LogP contribution in [0.3, 0.4) is 0 Å². The molecule has 2 aromatic rings. The summed E-state index contributed by atoms with van der Waals surface area (Å²) in [5, 5.41) is 0. The number of rotatable bonds is 7. The number of hydrogen-bond donors (Lipinski definition) is 0. The van der Waals surface area contributed by atoms with Gasteiger partial charge in [-0.3, -0.25) is 4.79 Å². The molecular formula is C23H27NO5. The fraction of sp³-hybridized carbons (Fsp3) is 0.348. The average Bonchev–Trinajstić information content (AvgIpc) is 3.26. The third-order valence-electron chi connectivity index (χ3n) is 5.18. The molecule has 0 aliphatic carbocycles. The Bertz CT molecular complexity index is 876. The van der Waals surface area contributed by atoms with Crippen LogP contribution in [0.5, 0.6) is 23.0 Å². The molecule has 1 aliphatic rings. The normalized spacial score (nSPS) is 16.1. The van der Waals surface area contributed by atoms with Gasteiger partial charge >= 0.3 is 0 Å². The van der Waals surface area contributed by atoms with Crippen LogP contribution in [0.4, 0.5) is 0 Å². The van der Waals surface area contributed by atoms with Gasteiger partial charge in [0.15, 0.2) is 11.5 Å². The van der Waals surface area contributed by atoms with Crippen LogP contribution >= 0.6 is 0 Å².